The van der Waals surface area contributed by atoms with Crippen molar-refractivity contribution in [1.29, 1.82) is 0 Å². The highest BCUT2D eigenvalue weighted by Crippen LogP contribution is 2.15. The largest absolute Gasteiger partial charge is 0.352 e. The highest BCUT2D eigenvalue weighted by Gasteiger charge is 2.00. The van der Waals surface area contributed by atoms with Gasteiger partial charge < -0.3 is 15.2 Å². The fraction of sp³-hybridized carbons (Fsp3) is 0.182. The number of aromatic nitrogens is 1. The predicted molar refractivity (Wildman–Crippen MR) is 109 cm³/mol. The van der Waals surface area contributed by atoms with Crippen LogP contribution in [0.3, 0.4) is 0 Å². The molecule has 0 fully saturated rings. The number of nitrogens with zero attached hydrogens (tertiary/aromatic N) is 1. The van der Waals surface area contributed by atoms with E-state index in [0.717, 1.165) is 24.2 Å². The van der Waals surface area contributed by atoms with Crippen LogP contribution in [0.5, 0.6) is 0 Å². The first-order valence-electron chi connectivity index (χ1n) is 8.99. The zero-order valence-electron chi connectivity index (χ0n) is 15.3. The number of nitrogens with one attached hydrogen (secondary N) is 2. The third kappa shape index (κ3) is 5.31. The van der Waals surface area contributed by atoms with Crippen molar-refractivity contribution in [1.82, 2.24) is 9.88 Å². The molecule has 2 amide bonds. The Hall–Kier alpha value is -3.34. The fourth-order valence-electron chi connectivity index (χ4n) is 2.91. The Labute approximate surface area is 158 Å². The molecule has 0 saturated heterocycles. The number of para-hydroxylation sites is 1. The van der Waals surface area contributed by atoms with Crippen molar-refractivity contribution in [3.63, 3.8) is 0 Å². The number of hydrogen-bond acceptors (Lipinski definition) is 2. The molecule has 0 bridgehead atoms. The Morgan fingerprint density at radius 2 is 1.81 bits per heavy atom. The molecule has 3 aromatic rings. The molecule has 0 atom stereocenters. The van der Waals surface area contributed by atoms with E-state index in [1.807, 2.05) is 24.3 Å². The minimum absolute atomic E-state index is 0.106. The van der Waals surface area contributed by atoms with Gasteiger partial charge in [-0.05, 0) is 47.7 Å². The molecule has 0 aliphatic heterocycles. The zero-order chi connectivity index (χ0) is 19.1. The van der Waals surface area contributed by atoms with Crippen LogP contribution in [-0.4, -0.2) is 22.9 Å². The van der Waals surface area contributed by atoms with E-state index in [2.05, 4.69) is 39.6 Å². The van der Waals surface area contributed by atoms with Gasteiger partial charge in [0.1, 0.15) is 0 Å². The highest BCUT2D eigenvalue weighted by molar-refractivity contribution is 5.92. The maximum absolute atomic E-state index is 11.9. The normalized spacial score (nSPS) is 11.0. The van der Waals surface area contributed by atoms with Crippen molar-refractivity contribution in [3.05, 3.63) is 72.4 Å². The van der Waals surface area contributed by atoms with Crippen molar-refractivity contribution >= 4 is 34.5 Å². The van der Waals surface area contributed by atoms with Gasteiger partial charge in [0.25, 0.3) is 0 Å². The molecule has 27 heavy (non-hydrogen) atoms. The smallest absolute Gasteiger partial charge is 0.244 e. The maximum atomic E-state index is 11.9. The molecule has 138 valence electrons. The molecule has 5 nitrogen and oxygen atoms in total. The van der Waals surface area contributed by atoms with Crippen LogP contribution in [0.4, 0.5) is 5.69 Å². The predicted octanol–water partition coefficient (Wildman–Crippen LogP) is 3.82. The summed E-state index contributed by atoms with van der Waals surface area (Å²) in [7, 11) is 0. The van der Waals surface area contributed by atoms with E-state index in [4.69, 9.17) is 0 Å². The summed E-state index contributed by atoms with van der Waals surface area (Å²) in [4.78, 5) is 22.9. The van der Waals surface area contributed by atoms with Crippen LogP contribution in [0.25, 0.3) is 17.0 Å². The second kappa shape index (κ2) is 8.85. The highest BCUT2D eigenvalue weighted by atomic mass is 16.2. The summed E-state index contributed by atoms with van der Waals surface area (Å²) >= 11 is 0. The summed E-state index contributed by atoms with van der Waals surface area (Å²) in [6.07, 6.45) is 6.23. The lowest BCUT2D eigenvalue weighted by Crippen LogP contribution is -2.23. The van der Waals surface area contributed by atoms with Gasteiger partial charge in [0, 0.05) is 43.5 Å². The number of carbonyl (C=O) groups is 2. The van der Waals surface area contributed by atoms with Crippen molar-refractivity contribution in [2.24, 2.45) is 0 Å². The molecule has 0 spiro atoms. The van der Waals surface area contributed by atoms with Crippen molar-refractivity contribution in [3.8, 4) is 0 Å². The zero-order valence-corrected chi connectivity index (χ0v) is 15.3. The second-order valence-electron chi connectivity index (χ2n) is 6.35. The first kappa shape index (κ1) is 18.5. The summed E-state index contributed by atoms with van der Waals surface area (Å²) in [5, 5.41) is 6.84. The molecule has 0 aliphatic rings. The topological polar surface area (TPSA) is 63.1 Å². The number of rotatable bonds is 7. The molecule has 0 saturated carbocycles. The molecule has 2 N–H and O–H groups in total. The first-order valence-corrected chi connectivity index (χ1v) is 8.99. The minimum Gasteiger partial charge on any atom is -0.352 e. The first-order chi connectivity index (χ1) is 13.1. The van der Waals surface area contributed by atoms with Gasteiger partial charge in [-0.2, -0.15) is 0 Å². The standard InChI is InChI=1S/C22H23N3O2/c1-17(26)24-20-10-7-18(8-11-20)9-12-22(27)23-14-4-15-25-16-13-19-5-2-3-6-21(19)25/h2-3,5-13,16H,4,14-15H2,1H3,(H,23,27)(H,24,26)/b12-9+. The molecule has 3 rings (SSSR count). The van der Waals surface area contributed by atoms with E-state index in [1.165, 1.54) is 23.9 Å². The van der Waals surface area contributed by atoms with E-state index >= 15 is 0 Å². The number of amides is 2. The molecule has 0 radical (unpaired) electrons. The summed E-state index contributed by atoms with van der Waals surface area (Å²) in [6.45, 7) is 2.95. The molecule has 1 aromatic heterocycles. The van der Waals surface area contributed by atoms with Gasteiger partial charge in [0.05, 0.1) is 0 Å². The van der Waals surface area contributed by atoms with E-state index in [-0.39, 0.29) is 11.8 Å². The molecule has 0 aliphatic carbocycles. The lowest BCUT2D eigenvalue weighted by Gasteiger charge is -2.06. The third-order valence-electron chi connectivity index (χ3n) is 4.21. The van der Waals surface area contributed by atoms with Gasteiger partial charge >= 0.3 is 0 Å². The molecule has 0 unspecified atom stereocenters. The van der Waals surface area contributed by atoms with Crippen LogP contribution in [0.2, 0.25) is 0 Å². The monoisotopic (exact) mass is 361 g/mol. The Balaban J connectivity index is 1.43. The fourth-order valence-corrected chi connectivity index (χ4v) is 2.91. The van der Waals surface area contributed by atoms with Gasteiger partial charge in [-0.1, -0.05) is 30.3 Å². The van der Waals surface area contributed by atoms with Gasteiger partial charge in [-0.15, -0.1) is 0 Å². The van der Waals surface area contributed by atoms with Gasteiger partial charge in [0.2, 0.25) is 11.8 Å². The van der Waals surface area contributed by atoms with Gasteiger partial charge in [-0.25, -0.2) is 0 Å². The Morgan fingerprint density at radius 3 is 2.59 bits per heavy atom. The van der Waals surface area contributed by atoms with Gasteiger partial charge in [-0.3, -0.25) is 9.59 Å². The summed E-state index contributed by atoms with van der Waals surface area (Å²) in [6, 6.07) is 17.7. The number of benzene rings is 2. The van der Waals surface area contributed by atoms with Crippen LogP contribution >= 0.6 is 0 Å². The number of fused-ring (bicyclic) bond motifs is 1. The van der Waals surface area contributed by atoms with E-state index < -0.39 is 0 Å². The minimum atomic E-state index is -0.113. The number of anilines is 1. The molecule has 2 aromatic carbocycles. The van der Waals surface area contributed by atoms with Crippen molar-refractivity contribution in [2.75, 3.05) is 11.9 Å². The van der Waals surface area contributed by atoms with Crippen LogP contribution < -0.4 is 10.6 Å². The molecule has 1 heterocycles. The summed E-state index contributed by atoms with van der Waals surface area (Å²) in [5.41, 5.74) is 2.85. The van der Waals surface area contributed by atoms with E-state index in [9.17, 15) is 9.59 Å². The second-order valence-corrected chi connectivity index (χ2v) is 6.35. The van der Waals surface area contributed by atoms with Crippen molar-refractivity contribution in [2.45, 2.75) is 19.9 Å². The van der Waals surface area contributed by atoms with Crippen LogP contribution in [0.1, 0.15) is 18.9 Å². The quantitative estimate of drug-likeness (QED) is 0.496. The van der Waals surface area contributed by atoms with Crippen LogP contribution in [-0.2, 0) is 16.1 Å². The lowest BCUT2D eigenvalue weighted by atomic mass is 10.2. The Bertz CT molecular complexity index is 955. The van der Waals surface area contributed by atoms with Crippen LogP contribution in [0, 0.1) is 0 Å². The summed E-state index contributed by atoms with van der Waals surface area (Å²) < 4.78 is 2.20. The lowest BCUT2D eigenvalue weighted by molar-refractivity contribution is -0.116. The van der Waals surface area contributed by atoms with Gasteiger partial charge in [0.15, 0.2) is 0 Å². The van der Waals surface area contributed by atoms with Crippen LogP contribution in [0.15, 0.2) is 66.9 Å². The van der Waals surface area contributed by atoms with Crippen molar-refractivity contribution < 1.29 is 9.59 Å². The van der Waals surface area contributed by atoms with E-state index in [0.29, 0.717) is 6.54 Å². The Morgan fingerprint density at radius 1 is 1.04 bits per heavy atom. The maximum Gasteiger partial charge on any atom is 0.244 e. The Kier molecular flexibility index (Phi) is 6.05. The average Bonchev–Trinajstić information content (AvgIpc) is 3.07. The molecule has 5 heteroatoms. The average molecular weight is 361 g/mol. The molecular weight excluding hydrogens is 338 g/mol. The van der Waals surface area contributed by atoms with E-state index in [1.54, 1.807) is 18.2 Å². The molecular formula is C22H23N3O2. The number of hydrogen-bond donors (Lipinski definition) is 2. The SMILES string of the molecule is CC(=O)Nc1ccc(/C=C/C(=O)NCCCn2ccc3ccccc32)cc1. The number of aryl methyl sites for hydroxylation is 1. The third-order valence-corrected chi connectivity index (χ3v) is 4.21. The summed E-state index contributed by atoms with van der Waals surface area (Å²) in [5.74, 6) is -0.219. The number of carbonyl (C=O) groups excluding carboxylic acids is 2.